The summed E-state index contributed by atoms with van der Waals surface area (Å²) < 4.78 is 10.0. The number of hydrogen-bond acceptors (Lipinski definition) is 4. The minimum Gasteiger partial charge on any atom is -0.385 e. The largest absolute Gasteiger partial charge is 0.385 e. The first kappa shape index (κ1) is 20.9. The van der Waals surface area contributed by atoms with E-state index in [1.165, 1.54) is 0 Å². The van der Waals surface area contributed by atoms with Gasteiger partial charge in [0.25, 0.3) is 0 Å². The standard InChI is InChI=1S/C13H28N2O3.ClH/c1-11(2)10-12(14)13(16)15(7-9-18-4)6-5-8-17-3;/h11-12H,5-10,14H2,1-4H3;1H/t12-;/m0./s1. The Kier molecular flexibility index (Phi) is 14.0. The van der Waals surface area contributed by atoms with E-state index >= 15 is 0 Å². The zero-order chi connectivity index (χ0) is 14.0. The Morgan fingerprint density at radius 1 is 1.16 bits per heavy atom. The van der Waals surface area contributed by atoms with Crippen molar-refractivity contribution in [3.05, 3.63) is 0 Å². The number of rotatable bonds is 10. The third kappa shape index (κ3) is 10.1. The summed E-state index contributed by atoms with van der Waals surface area (Å²) >= 11 is 0. The van der Waals surface area contributed by atoms with Crippen LogP contribution in [0.15, 0.2) is 0 Å². The molecule has 0 spiro atoms. The van der Waals surface area contributed by atoms with E-state index in [1.54, 1.807) is 19.1 Å². The maximum absolute atomic E-state index is 12.2. The molecule has 0 heterocycles. The molecule has 0 aliphatic carbocycles. The molecule has 116 valence electrons. The van der Waals surface area contributed by atoms with Crippen molar-refractivity contribution in [2.75, 3.05) is 40.5 Å². The predicted molar refractivity (Wildman–Crippen MR) is 79.6 cm³/mol. The average molecular weight is 297 g/mol. The van der Waals surface area contributed by atoms with Gasteiger partial charge < -0.3 is 20.1 Å². The molecule has 0 fully saturated rings. The number of carbonyl (C=O) groups is 1. The van der Waals surface area contributed by atoms with E-state index in [2.05, 4.69) is 13.8 Å². The molecule has 0 saturated carbocycles. The van der Waals surface area contributed by atoms with Crippen molar-refractivity contribution in [1.82, 2.24) is 4.90 Å². The maximum Gasteiger partial charge on any atom is 0.239 e. The van der Waals surface area contributed by atoms with E-state index in [-0.39, 0.29) is 18.3 Å². The summed E-state index contributed by atoms with van der Waals surface area (Å²) in [4.78, 5) is 14.0. The molecule has 0 aliphatic heterocycles. The van der Waals surface area contributed by atoms with Crippen LogP contribution in [0.5, 0.6) is 0 Å². The van der Waals surface area contributed by atoms with Crippen LogP contribution in [-0.2, 0) is 14.3 Å². The number of ether oxygens (including phenoxy) is 2. The average Bonchev–Trinajstić information content (AvgIpc) is 2.32. The Morgan fingerprint density at radius 2 is 1.74 bits per heavy atom. The van der Waals surface area contributed by atoms with Gasteiger partial charge in [-0.15, -0.1) is 12.4 Å². The molecule has 0 rings (SSSR count). The smallest absolute Gasteiger partial charge is 0.239 e. The third-order valence-corrected chi connectivity index (χ3v) is 2.70. The molecule has 0 aromatic carbocycles. The van der Waals surface area contributed by atoms with Crippen molar-refractivity contribution in [3.8, 4) is 0 Å². The van der Waals surface area contributed by atoms with Gasteiger partial charge in [0.2, 0.25) is 5.91 Å². The summed E-state index contributed by atoms with van der Waals surface area (Å²) in [6.45, 7) is 6.57. The first-order valence-corrected chi connectivity index (χ1v) is 6.55. The van der Waals surface area contributed by atoms with Crippen molar-refractivity contribution in [3.63, 3.8) is 0 Å². The van der Waals surface area contributed by atoms with Crippen molar-refractivity contribution in [2.45, 2.75) is 32.7 Å². The fourth-order valence-corrected chi connectivity index (χ4v) is 1.78. The van der Waals surface area contributed by atoms with E-state index in [4.69, 9.17) is 15.2 Å². The molecule has 0 radical (unpaired) electrons. The number of nitrogens with zero attached hydrogens (tertiary/aromatic N) is 1. The lowest BCUT2D eigenvalue weighted by molar-refractivity contribution is -0.133. The number of methoxy groups -OCH3 is 2. The minimum atomic E-state index is -0.413. The summed E-state index contributed by atoms with van der Waals surface area (Å²) in [5.41, 5.74) is 5.93. The highest BCUT2D eigenvalue weighted by atomic mass is 35.5. The molecule has 1 atom stereocenters. The van der Waals surface area contributed by atoms with E-state index in [1.807, 2.05) is 0 Å². The van der Waals surface area contributed by atoms with Crippen LogP contribution in [0, 0.1) is 5.92 Å². The van der Waals surface area contributed by atoms with Crippen molar-refractivity contribution in [1.29, 1.82) is 0 Å². The van der Waals surface area contributed by atoms with Gasteiger partial charge in [-0.2, -0.15) is 0 Å². The molecule has 19 heavy (non-hydrogen) atoms. The number of hydrogen-bond donors (Lipinski definition) is 1. The first-order chi connectivity index (χ1) is 8.52. The highest BCUT2D eigenvalue weighted by Gasteiger charge is 2.21. The Hall–Kier alpha value is -0.360. The van der Waals surface area contributed by atoms with Crippen LogP contribution in [-0.4, -0.2) is 57.4 Å². The van der Waals surface area contributed by atoms with Crippen LogP contribution in [0.4, 0.5) is 0 Å². The fraction of sp³-hybridized carbons (Fsp3) is 0.923. The molecule has 6 heteroatoms. The lowest BCUT2D eigenvalue weighted by Gasteiger charge is -2.26. The Labute approximate surface area is 123 Å². The van der Waals surface area contributed by atoms with Crippen LogP contribution in [0.1, 0.15) is 26.7 Å². The number of amides is 1. The molecule has 0 aromatic heterocycles. The van der Waals surface area contributed by atoms with Crippen LogP contribution in [0.3, 0.4) is 0 Å². The fourth-order valence-electron chi connectivity index (χ4n) is 1.78. The topological polar surface area (TPSA) is 64.8 Å². The molecule has 0 aliphatic rings. The lowest BCUT2D eigenvalue weighted by atomic mass is 10.0. The number of halogens is 1. The van der Waals surface area contributed by atoms with Gasteiger partial charge in [0.15, 0.2) is 0 Å². The quantitative estimate of drug-likeness (QED) is 0.617. The normalized spacial score (nSPS) is 12.1. The number of nitrogens with two attached hydrogens (primary N) is 1. The van der Waals surface area contributed by atoms with Gasteiger partial charge in [-0.25, -0.2) is 0 Å². The van der Waals surface area contributed by atoms with Gasteiger partial charge >= 0.3 is 0 Å². The molecule has 0 unspecified atom stereocenters. The van der Waals surface area contributed by atoms with Crippen LogP contribution < -0.4 is 5.73 Å². The van der Waals surface area contributed by atoms with E-state index in [0.717, 1.165) is 6.42 Å². The highest BCUT2D eigenvalue weighted by Crippen LogP contribution is 2.06. The molecule has 1 amide bonds. The molecule has 0 aromatic rings. The first-order valence-electron chi connectivity index (χ1n) is 6.55. The molecule has 2 N–H and O–H groups in total. The van der Waals surface area contributed by atoms with Crippen molar-refractivity contribution < 1.29 is 14.3 Å². The van der Waals surface area contributed by atoms with E-state index in [9.17, 15) is 4.79 Å². The van der Waals surface area contributed by atoms with E-state index in [0.29, 0.717) is 38.6 Å². The minimum absolute atomic E-state index is 0. The predicted octanol–water partition coefficient (Wildman–Crippen LogP) is 1.29. The monoisotopic (exact) mass is 296 g/mol. The van der Waals surface area contributed by atoms with Gasteiger partial charge in [0.1, 0.15) is 0 Å². The zero-order valence-corrected chi connectivity index (χ0v) is 13.4. The molecule has 0 bridgehead atoms. The Balaban J connectivity index is 0. The summed E-state index contributed by atoms with van der Waals surface area (Å²) in [6, 6.07) is -0.413. The second-order valence-electron chi connectivity index (χ2n) is 4.90. The van der Waals surface area contributed by atoms with Gasteiger partial charge in [0.05, 0.1) is 12.6 Å². The Morgan fingerprint density at radius 3 is 2.21 bits per heavy atom. The second-order valence-corrected chi connectivity index (χ2v) is 4.90. The van der Waals surface area contributed by atoms with Crippen molar-refractivity contribution in [2.24, 2.45) is 11.7 Å². The second kappa shape index (κ2) is 12.7. The maximum atomic E-state index is 12.2. The SMILES string of the molecule is COCCCN(CCOC)C(=O)[C@@H](N)CC(C)C.Cl. The number of carbonyl (C=O) groups excluding carboxylic acids is 1. The van der Waals surface area contributed by atoms with Gasteiger partial charge in [-0.1, -0.05) is 13.8 Å². The summed E-state index contributed by atoms with van der Waals surface area (Å²) in [7, 11) is 3.29. The Bertz CT molecular complexity index is 228. The molecular weight excluding hydrogens is 268 g/mol. The summed E-state index contributed by atoms with van der Waals surface area (Å²) in [5.74, 6) is 0.434. The summed E-state index contributed by atoms with van der Waals surface area (Å²) in [5, 5.41) is 0. The van der Waals surface area contributed by atoms with E-state index < -0.39 is 6.04 Å². The van der Waals surface area contributed by atoms with Crippen LogP contribution in [0.2, 0.25) is 0 Å². The lowest BCUT2D eigenvalue weighted by Crippen LogP contribution is -2.46. The van der Waals surface area contributed by atoms with Gasteiger partial charge in [-0.05, 0) is 18.8 Å². The van der Waals surface area contributed by atoms with Crippen molar-refractivity contribution >= 4 is 18.3 Å². The molecule has 0 saturated heterocycles. The third-order valence-electron chi connectivity index (χ3n) is 2.70. The molecule has 5 nitrogen and oxygen atoms in total. The summed E-state index contributed by atoms with van der Waals surface area (Å²) in [6.07, 6.45) is 1.53. The van der Waals surface area contributed by atoms with Gasteiger partial charge in [0, 0.05) is 33.9 Å². The van der Waals surface area contributed by atoms with Gasteiger partial charge in [-0.3, -0.25) is 4.79 Å². The molecular formula is C13H29ClN2O3. The van der Waals surface area contributed by atoms with Crippen LogP contribution >= 0.6 is 12.4 Å². The zero-order valence-electron chi connectivity index (χ0n) is 12.6. The van der Waals surface area contributed by atoms with Crippen LogP contribution in [0.25, 0.3) is 0 Å². The highest BCUT2D eigenvalue weighted by molar-refractivity contribution is 5.85.